The number of carbonyl (C=O) groups excluding carboxylic acids is 2. The summed E-state index contributed by atoms with van der Waals surface area (Å²) in [6, 6.07) is 11.2. The number of aromatic nitrogens is 1. The zero-order valence-corrected chi connectivity index (χ0v) is 16.3. The number of urea groups is 1. The lowest BCUT2D eigenvalue weighted by atomic mass is 9.99. The number of likely N-dealkylation sites (tertiary alicyclic amines) is 1. The van der Waals surface area contributed by atoms with E-state index >= 15 is 0 Å². The molecule has 1 aromatic carbocycles. The molecule has 2 atom stereocenters. The minimum Gasteiger partial charge on any atom is -0.467 e. The van der Waals surface area contributed by atoms with Gasteiger partial charge in [-0.15, -0.1) is 11.3 Å². The van der Waals surface area contributed by atoms with Crippen molar-refractivity contribution >= 4 is 33.5 Å². The average molecular weight is 399 g/mol. The summed E-state index contributed by atoms with van der Waals surface area (Å²) >= 11 is 1.74. The van der Waals surface area contributed by atoms with Crippen molar-refractivity contribution in [1.29, 1.82) is 0 Å². The van der Waals surface area contributed by atoms with E-state index in [0.29, 0.717) is 11.7 Å². The number of imide groups is 1. The molecule has 3 aromatic rings. The van der Waals surface area contributed by atoms with Gasteiger partial charge in [-0.3, -0.25) is 10.1 Å². The first-order valence-corrected chi connectivity index (χ1v) is 10.3. The second-order valence-electron chi connectivity index (χ2n) is 7.05. The second kappa shape index (κ2) is 8.53. The first-order chi connectivity index (χ1) is 13.7. The van der Waals surface area contributed by atoms with Crippen LogP contribution in [0.15, 0.2) is 47.1 Å². The molecule has 2 aromatic heterocycles. The average Bonchev–Trinajstić information content (AvgIpc) is 3.36. The van der Waals surface area contributed by atoms with Crippen LogP contribution in [0, 0.1) is 0 Å². The molecule has 0 aliphatic carbocycles. The van der Waals surface area contributed by atoms with Crippen LogP contribution in [0.1, 0.15) is 29.5 Å². The van der Waals surface area contributed by atoms with E-state index in [1.165, 1.54) is 9.60 Å². The third-order valence-electron chi connectivity index (χ3n) is 4.94. The Morgan fingerprint density at radius 1 is 1.25 bits per heavy atom. The SMILES string of the molecule is O=C(C[NH+]1CCC[C@@H](c2nc3ccccc3s2)C1)NC(=O)NCc1ccco1. The minimum absolute atomic E-state index is 0.252. The van der Waals surface area contributed by atoms with Crippen LogP contribution in [0.4, 0.5) is 4.79 Å². The summed E-state index contributed by atoms with van der Waals surface area (Å²) in [6.45, 7) is 2.34. The van der Waals surface area contributed by atoms with Gasteiger partial charge < -0.3 is 14.6 Å². The van der Waals surface area contributed by atoms with Crippen molar-refractivity contribution < 1.29 is 18.9 Å². The fourth-order valence-electron chi connectivity index (χ4n) is 3.61. The first kappa shape index (κ1) is 18.6. The molecule has 0 saturated carbocycles. The summed E-state index contributed by atoms with van der Waals surface area (Å²) in [6.07, 6.45) is 3.68. The number of piperidine rings is 1. The van der Waals surface area contributed by atoms with Crippen molar-refractivity contribution in [2.24, 2.45) is 0 Å². The number of quaternary nitrogens is 1. The molecule has 3 heterocycles. The Morgan fingerprint density at radius 2 is 2.14 bits per heavy atom. The van der Waals surface area contributed by atoms with Crippen LogP contribution >= 0.6 is 11.3 Å². The van der Waals surface area contributed by atoms with Gasteiger partial charge in [0.25, 0.3) is 5.91 Å². The van der Waals surface area contributed by atoms with E-state index < -0.39 is 6.03 Å². The lowest BCUT2D eigenvalue weighted by molar-refractivity contribution is -0.898. The molecular formula is C20H23N4O3S+. The summed E-state index contributed by atoms with van der Waals surface area (Å²) in [5.41, 5.74) is 1.04. The maximum absolute atomic E-state index is 12.2. The minimum atomic E-state index is -0.500. The highest BCUT2D eigenvalue weighted by Crippen LogP contribution is 2.30. The molecule has 0 radical (unpaired) electrons. The second-order valence-corrected chi connectivity index (χ2v) is 8.11. The third-order valence-corrected chi connectivity index (χ3v) is 6.14. The topological polar surface area (TPSA) is 88.7 Å². The number of rotatable bonds is 5. The fraction of sp³-hybridized carbons (Fsp3) is 0.350. The van der Waals surface area contributed by atoms with Crippen molar-refractivity contribution in [3.63, 3.8) is 0 Å². The molecule has 1 unspecified atom stereocenters. The van der Waals surface area contributed by atoms with Crippen molar-refractivity contribution in [2.45, 2.75) is 25.3 Å². The summed E-state index contributed by atoms with van der Waals surface area (Å²) in [5, 5.41) is 6.17. The normalized spacial score (nSPS) is 19.4. The third kappa shape index (κ3) is 4.58. The molecular weight excluding hydrogens is 376 g/mol. The van der Waals surface area contributed by atoms with Crippen molar-refractivity contribution in [3.05, 3.63) is 53.4 Å². The van der Waals surface area contributed by atoms with Gasteiger partial charge in [0.2, 0.25) is 0 Å². The van der Waals surface area contributed by atoms with Crippen molar-refractivity contribution in [1.82, 2.24) is 15.6 Å². The number of thiazole rings is 1. The lowest BCUT2D eigenvalue weighted by Gasteiger charge is -2.28. The Morgan fingerprint density at radius 3 is 2.96 bits per heavy atom. The predicted octanol–water partition coefficient (Wildman–Crippen LogP) is 1.68. The highest BCUT2D eigenvalue weighted by atomic mass is 32.1. The maximum atomic E-state index is 12.2. The van der Waals surface area contributed by atoms with E-state index in [4.69, 9.17) is 9.40 Å². The number of carbonyl (C=O) groups is 2. The van der Waals surface area contributed by atoms with E-state index in [0.717, 1.165) is 36.5 Å². The van der Waals surface area contributed by atoms with Crippen LogP contribution in [-0.4, -0.2) is 36.6 Å². The van der Waals surface area contributed by atoms with Crippen LogP contribution in [0.2, 0.25) is 0 Å². The van der Waals surface area contributed by atoms with Gasteiger partial charge in [0.15, 0.2) is 6.54 Å². The molecule has 28 heavy (non-hydrogen) atoms. The Bertz CT molecular complexity index is 920. The van der Waals surface area contributed by atoms with Gasteiger partial charge in [0.05, 0.1) is 42.0 Å². The number of nitrogens with one attached hydrogen (secondary N) is 3. The van der Waals surface area contributed by atoms with Crippen LogP contribution in [-0.2, 0) is 11.3 Å². The molecule has 1 fully saturated rings. The van der Waals surface area contributed by atoms with Gasteiger partial charge in [-0.25, -0.2) is 9.78 Å². The Kier molecular flexibility index (Phi) is 5.68. The zero-order valence-electron chi connectivity index (χ0n) is 15.4. The van der Waals surface area contributed by atoms with E-state index in [9.17, 15) is 9.59 Å². The van der Waals surface area contributed by atoms with Gasteiger partial charge in [-0.1, -0.05) is 12.1 Å². The van der Waals surface area contributed by atoms with Crippen LogP contribution < -0.4 is 15.5 Å². The van der Waals surface area contributed by atoms with Crippen molar-refractivity contribution in [2.75, 3.05) is 19.6 Å². The lowest BCUT2D eigenvalue weighted by Crippen LogP contribution is -3.14. The fourth-order valence-corrected chi connectivity index (χ4v) is 4.71. The highest BCUT2D eigenvalue weighted by Gasteiger charge is 2.28. The molecule has 1 saturated heterocycles. The zero-order chi connectivity index (χ0) is 19.3. The quantitative estimate of drug-likeness (QED) is 0.609. The molecule has 8 heteroatoms. The van der Waals surface area contributed by atoms with Gasteiger partial charge in [-0.2, -0.15) is 0 Å². The van der Waals surface area contributed by atoms with Crippen LogP contribution in [0.5, 0.6) is 0 Å². The molecule has 1 aliphatic heterocycles. The number of hydrogen-bond acceptors (Lipinski definition) is 5. The maximum Gasteiger partial charge on any atom is 0.321 e. The first-order valence-electron chi connectivity index (χ1n) is 9.46. The molecule has 0 bridgehead atoms. The number of para-hydroxylation sites is 1. The molecule has 1 aliphatic rings. The van der Waals surface area contributed by atoms with E-state index in [-0.39, 0.29) is 19.0 Å². The number of hydrogen-bond donors (Lipinski definition) is 3. The smallest absolute Gasteiger partial charge is 0.321 e. The molecule has 3 N–H and O–H groups in total. The Labute approximate surface area is 166 Å². The summed E-state index contributed by atoms with van der Waals surface area (Å²) in [7, 11) is 0. The Balaban J connectivity index is 1.28. The molecule has 146 valence electrons. The number of nitrogens with zero attached hydrogens (tertiary/aromatic N) is 1. The summed E-state index contributed by atoms with van der Waals surface area (Å²) < 4.78 is 6.35. The van der Waals surface area contributed by atoms with E-state index in [1.54, 1.807) is 29.7 Å². The van der Waals surface area contributed by atoms with Gasteiger partial charge >= 0.3 is 6.03 Å². The van der Waals surface area contributed by atoms with Crippen LogP contribution in [0.25, 0.3) is 10.2 Å². The van der Waals surface area contributed by atoms with E-state index in [1.807, 2.05) is 18.2 Å². The Hall–Kier alpha value is -2.71. The molecule has 3 amide bonds. The number of benzene rings is 1. The predicted molar refractivity (Wildman–Crippen MR) is 106 cm³/mol. The monoisotopic (exact) mass is 399 g/mol. The summed E-state index contributed by atoms with van der Waals surface area (Å²) in [4.78, 5) is 30.1. The molecule has 7 nitrogen and oxygen atoms in total. The number of furan rings is 1. The molecule has 0 spiro atoms. The van der Waals surface area contributed by atoms with Gasteiger partial charge in [0.1, 0.15) is 10.8 Å². The van der Waals surface area contributed by atoms with Gasteiger partial charge in [-0.05, 0) is 37.1 Å². The van der Waals surface area contributed by atoms with Gasteiger partial charge in [0, 0.05) is 0 Å². The molecule has 4 rings (SSSR count). The number of amides is 3. The van der Waals surface area contributed by atoms with Crippen molar-refractivity contribution in [3.8, 4) is 0 Å². The standard InChI is InChI=1S/C20H22N4O3S/c25-18(23-20(26)21-11-15-6-4-10-27-15)13-24-9-3-5-14(12-24)19-22-16-7-1-2-8-17(16)28-19/h1-2,4,6-8,10,14H,3,5,9,11-13H2,(H2,21,23,25,26)/p+1/t14-/m1/s1. The van der Waals surface area contributed by atoms with Crippen LogP contribution in [0.3, 0.4) is 0 Å². The van der Waals surface area contributed by atoms with E-state index in [2.05, 4.69) is 16.7 Å². The summed E-state index contributed by atoms with van der Waals surface area (Å²) in [5.74, 6) is 0.738. The highest BCUT2D eigenvalue weighted by molar-refractivity contribution is 7.18. The largest absolute Gasteiger partial charge is 0.467 e. The number of fused-ring (bicyclic) bond motifs is 1.